The molecule has 2 aromatic rings. The largest absolute Gasteiger partial charge is 0.351 e. The summed E-state index contributed by atoms with van der Waals surface area (Å²) in [4.78, 5) is 118. The summed E-state index contributed by atoms with van der Waals surface area (Å²) in [5.41, 5.74) is 2.41. The highest BCUT2D eigenvalue weighted by Crippen LogP contribution is 2.38. The van der Waals surface area contributed by atoms with Gasteiger partial charge in [0, 0.05) is 75.0 Å². The number of amides is 8. The highest BCUT2D eigenvalue weighted by atomic mass is 16.2. The van der Waals surface area contributed by atoms with Crippen molar-refractivity contribution >= 4 is 47.3 Å². The fourth-order valence-corrected chi connectivity index (χ4v) is 13.4. The average Bonchev–Trinajstić information content (AvgIpc) is 4.35. The zero-order valence-electron chi connectivity index (χ0n) is 46.7. The summed E-state index contributed by atoms with van der Waals surface area (Å²) in [6.45, 7) is 4.33. The van der Waals surface area contributed by atoms with E-state index < -0.39 is 36.3 Å². The Kier molecular flexibility index (Phi) is 20.8. The molecule has 0 spiro atoms. The summed E-state index contributed by atoms with van der Waals surface area (Å²) < 4.78 is 0. The molecule has 18 heteroatoms. The predicted octanol–water partition coefficient (Wildman–Crippen LogP) is 4.38. The number of nitrogens with one attached hydrogen (secondary N) is 6. The van der Waals surface area contributed by atoms with E-state index in [1.807, 2.05) is 36.4 Å². The Bertz CT molecular complexity index is 2230. The van der Waals surface area contributed by atoms with Crippen LogP contribution in [0.1, 0.15) is 165 Å². The molecule has 0 aromatic heterocycles. The van der Waals surface area contributed by atoms with Gasteiger partial charge in [-0.3, -0.25) is 38.4 Å². The summed E-state index contributed by atoms with van der Waals surface area (Å²) in [5.74, 6) is -1.35. The van der Waals surface area contributed by atoms with Crippen LogP contribution in [0.25, 0.3) is 0 Å². The van der Waals surface area contributed by atoms with Gasteiger partial charge >= 0.3 is 0 Å². The van der Waals surface area contributed by atoms with Gasteiger partial charge in [-0.15, -0.1) is 0 Å². The Hall–Kier alpha value is -5.88. The monoisotopic (exact) mass is 1080 g/mol. The summed E-state index contributed by atoms with van der Waals surface area (Å²) in [7, 11) is 3.35. The van der Waals surface area contributed by atoms with Crippen molar-refractivity contribution in [3.05, 3.63) is 71.8 Å². The number of benzene rings is 2. The van der Waals surface area contributed by atoms with Gasteiger partial charge in [-0.25, -0.2) is 0 Å². The lowest BCUT2D eigenvalue weighted by molar-refractivity contribution is -0.147. The van der Waals surface area contributed by atoms with Crippen molar-refractivity contribution in [2.24, 2.45) is 0 Å². The van der Waals surface area contributed by atoms with Crippen LogP contribution in [0.15, 0.2) is 60.7 Å². The van der Waals surface area contributed by atoms with Crippen molar-refractivity contribution in [3.8, 4) is 0 Å². The normalized spacial score (nSPS) is 28.1. The lowest BCUT2D eigenvalue weighted by Crippen LogP contribution is -2.62. The van der Waals surface area contributed by atoms with Crippen molar-refractivity contribution in [1.29, 1.82) is 0 Å². The van der Waals surface area contributed by atoms with Crippen molar-refractivity contribution in [1.82, 2.24) is 51.5 Å². The summed E-state index contributed by atoms with van der Waals surface area (Å²) in [5, 5.41) is 18.4. The fourth-order valence-electron chi connectivity index (χ4n) is 13.4. The smallest absolute Gasteiger partial charge is 0.247 e. The molecule has 8 amide bonds. The first kappa shape index (κ1) is 58.3. The number of hydrogen-bond acceptors (Lipinski definition) is 10. The molecule has 6 aliphatic rings. The van der Waals surface area contributed by atoms with E-state index >= 15 is 0 Å². The van der Waals surface area contributed by atoms with Crippen molar-refractivity contribution in [2.45, 2.75) is 215 Å². The number of carbonyl (C=O) groups excluding carboxylic acids is 8. The van der Waals surface area contributed by atoms with Gasteiger partial charge in [0.2, 0.25) is 47.3 Å². The van der Waals surface area contributed by atoms with E-state index in [4.69, 9.17) is 0 Å². The van der Waals surface area contributed by atoms with Crippen LogP contribution in [0.4, 0.5) is 0 Å². The summed E-state index contributed by atoms with van der Waals surface area (Å²) in [6.07, 6.45) is 14.5. The zero-order valence-corrected chi connectivity index (χ0v) is 46.7. The van der Waals surface area contributed by atoms with Crippen LogP contribution in [-0.4, -0.2) is 168 Å². The number of nitrogens with zero attached hydrogens (tertiary/aromatic N) is 4. The number of carbonyl (C=O) groups is 8. The van der Waals surface area contributed by atoms with Gasteiger partial charge in [-0.2, -0.15) is 0 Å². The Morgan fingerprint density at radius 2 is 0.872 bits per heavy atom. The van der Waals surface area contributed by atoms with Gasteiger partial charge < -0.3 is 51.5 Å². The van der Waals surface area contributed by atoms with E-state index in [2.05, 4.69) is 56.2 Å². The summed E-state index contributed by atoms with van der Waals surface area (Å²) in [6, 6.07) is 15.6. The number of rotatable bonds is 21. The molecule has 0 radical (unpaired) electrons. The van der Waals surface area contributed by atoms with Crippen LogP contribution in [0.5, 0.6) is 0 Å². The van der Waals surface area contributed by atoms with E-state index in [0.29, 0.717) is 77.3 Å². The van der Waals surface area contributed by atoms with Gasteiger partial charge in [-0.1, -0.05) is 99.2 Å². The Labute approximate surface area is 462 Å². The minimum absolute atomic E-state index is 0.0156. The molecule has 6 N–H and O–H groups in total. The molecule has 2 saturated carbocycles. The molecule has 8 rings (SSSR count). The zero-order chi connectivity index (χ0) is 55.3. The molecule has 2 aliphatic carbocycles. The first-order valence-corrected chi connectivity index (χ1v) is 29.6. The van der Waals surface area contributed by atoms with Gasteiger partial charge in [0.25, 0.3) is 0 Å². The molecule has 12 atom stereocenters. The fraction of sp³-hybridized carbons (Fsp3) is 0.667. The van der Waals surface area contributed by atoms with Crippen LogP contribution in [-0.2, 0) is 38.4 Å². The third-order valence-electron chi connectivity index (χ3n) is 18.2. The van der Waals surface area contributed by atoms with Gasteiger partial charge in [0.05, 0.1) is 12.1 Å². The highest BCUT2D eigenvalue weighted by molar-refractivity contribution is 5.96. The molecule has 1 unspecified atom stereocenters. The van der Waals surface area contributed by atoms with E-state index in [0.717, 1.165) is 64.2 Å². The van der Waals surface area contributed by atoms with E-state index in [1.54, 1.807) is 47.5 Å². The van der Waals surface area contributed by atoms with Crippen molar-refractivity contribution < 1.29 is 38.4 Å². The minimum atomic E-state index is -0.996. The molecule has 18 nitrogen and oxygen atoms in total. The van der Waals surface area contributed by atoms with Crippen LogP contribution in [0.2, 0.25) is 0 Å². The quantitative estimate of drug-likeness (QED) is 0.0969. The van der Waals surface area contributed by atoms with Crippen LogP contribution in [0.3, 0.4) is 0 Å². The SMILES string of the molecule is CN[C@@H](C)C(=O)N[C@H]1CN(C(=O)CCCCCCCCC(=O)N2CC[C@H]3CC[C@@H](C(=O)N[C@@H]4CCC[C@@H]4c4ccccc4)N3C(=O)[C@@H](NC(=O)[C@H](C)NC)C2)CC[C@H]2CCC(C(=O)N[C@@H]3CCC[C@@H]3c3ccccc3)N2C1=O. The Morgan fingerprint density at radius 1 is 0.487 bits per heavy atom. The minimum Gasteiger partial charge on any atom is -0.351 e. The number of fused-ring (bicyclic) bond motifs is 2. The third-order valence-corrected chi connectivity index (χ3v) is 18.2. The second kappa shape index (κ2) is 27.8. The van der Waals surface area contributed by atoms with Gasteiger partial charge in [-0.05, 0) is 116 Å². The number of likely N-dealkylation sites (N-methyl/N-ethyl adjacent to an activating group) is 2. The maximum Gasteiger partial charge on any atom is 0.247 e. The van der Waals surface area contributed by atoms with Crippen molar-refractivity contribution in [3.63, 3.8) is 0 Å². The van der Waals surface area contributed by atoms with E-state index in [1.165, 1.54) is 11.1 Å². The van der Waals surface area contributed by atoms with E-state index in [-0.39, 0.29) is 96.4 Å². The Balaban J connectivity index is 0.793. The standard InChI is InChI=1S/C60H88N10O8/c1-39(61-3)55(73)65-49-37-67(35-33-43-29-31-51(69(43)59(49)77)57(75)63-47-25-17-23-45(47)41-19-11-9-12-20-41)53(71)27-15-7-5-6-8-16-28-54(72)68-36-34-44-30-32-52(70(44)60(78)50(38-68)66-56(74)40(2)62-4)58(76)64-48-26-18-24-46(48)42-21-13-10-14-22-42/h9-14,19-22,39-40,43-52,61-62H,5-8,15-18,23-38H2,1-4H3,(H,63,75)(H,64,76)(H,65,73)(H,66,74)/t39-,40-,43+,44+,45+,46+,47+,48+,49-,50-,51-,52?/m0/s1. The average molecular weight is 1080 g/mol. The lowest BCUT2D eigenvalue weighted by Gasteiger charge is -2.39. The maximum atomic E-state index is 14.5. The molecule has 2 aromatic carbocycles. The highest BCUT2D eigenvalue weighted by Gasteiger charge is 2.48. The van der Waals surface area contributed by atoms with Crippen molar-refractivity contribution in [2.75, 3.05) is 40.3 Å². The molecule has 6 fully saturated rings. The van der Waals surface area contributed by atoms with Crippen LogP contribution >= 0.6 is 0 Å². The van der Waals surface area contributed by atoms with Crippen LogP contribution in [0, 0.1) is 0 Å². The Morgan fingerprint density at radius 3 is 1.26 bits per heavy atom. The number of unbranched alkanes of at least 4 members (excludes halogenated alkanes) is 5. The predicted molar refractivity (Wildman–Crippen MR) is 297 cm³/mol. The van der Waals surface area contributed by atoms with Gasteiger partial charge in [0.1, 0.15) is 24.2 Å². The molecule has 4 heterocycles. The second-order valence-electron chi connectivity index (χ2n) is 23.1. The van der Waals surface area contributed by atoms with Gasteiger partial charge in [0.15, 0.2) is 0 Å². The van der Waals surface area contributed by atoms with E-state index in [9.17, 15) is 38.4 Å². The first-order valence-electron chi connectivity index (χ1n) is 29.6. The maximum absolute atomic E-state index is 14.5. The summed E-state index contributed by atoms with van der Waals surface area (Å²) >= 11 is 0. The molecular weight excluding hydrogens is 989 g/mol. The third kappa shape index (κ3) is 14.3. The molecular formula is C60H88N10O8. The molecule has 78 heavy (non-hydrogen) atoms. The topological polar surface area (TPSA) is 222 Å². The van der Waals surface area contributed by atoms with Crippen LogP contribution < -0.4 is 31.9 Å². The molecule has 0 bridgehead atoms. The number of hydrogen-bond donors (Lipinski definition) is 6. The second-order valence-corrected chi connectivity index (χ2v) is 23.1. The molecule has 4 saturated heterocycles. The molecule has 4 aliphatic heterocycles. The molecule has 426 valence electrons. The first-order chi connectivity index (χ1) is 37.8. The lowest BCUT2D eigenvalue weighted by atomic mass is 9.94.